The Kier molecular flexibility index (Phi) is 6.10. The van der Waals surface area contributed by atoms with E-state index in [4.69, 9.17) is 16.3 Å². The molecular weight excluding hydrogens is 368 g/mol. The second-order valence-electron chi connectivity index (χ2n) is 4.65. The van der Waals surface area contributed by atoms with Crippen LogP contribution in [0, 0.1) is 6.92 Å². The first-order chi connectivity index (χ1) is 10.5. The van der Waals surface area contributed by atoms with Gasteiger partial charge in [-0.25, -0.2) is 4.79 Å². The molecule has 0 aliphatic rings. The summed E-state index contributed by atoms with van der Waals surface area (Å²) in [6.45, 7) is 2.73. The molecule has 2 N–H and O–H groups in total. The molecule has 0 saturated heterocycles. The Morgan fingerprint density at radius 1 is 1.27 bits per heavy atom. The number of urea groups is 1. The number of amides is 2. The lowest BCUT2D eigenvalue weighted by molar-refractivity contribution is 0.247. The molecule has 22 heavy (non-hydrogen) atoms. The van der Waals surface area contributed by atoms with E-state index in [1.165, 1.54) is 0 Å². The van der Waals surface area contributed by atoms with Crippen LogP contribution in [0.2, 0.25) is 5.02 Å². The summed E-state index contributed by atoms with van der Waals surface area (Å²) >= 11 is 9.28. The summed E-state index contributed by atoms with van der Waals surface area (Å²) in [6.07, 6.45) is 0. The topological polar surface area (TPSA) is 50.4 Å². The molecule has 116 valence electrons. The second kappa shape index (κ2) is 8.06. The van der Waals surface area contributed by atoms with Crippen LogP contribution < -0.4 is 15.4 Å². The predicted octanol–water partition coefficient (Wildman–Crippen LogP) is 4.61. The highest BCUT2D eigenvalue weighted by molar-refractivity contribution is 9.10. The number of nitrogens with one attached hydrogen (secondary N) is 2. The molecule has 0 fully saturated rings. The molecule has 0 radical (unpaired) electrons. The minimum absolute atomic E-state index is 0.267. The van der Waals surface area contributed by atoms with Crippen LogP contribution in [0.3, 0.4) is 0 Å². The Morgan fingerprint density at radius 2 is 2.09 bits per heavy atom. The summed E-state index contributed by atoms with van der Waals surface area (Å²) in [5.74, 6) is 0.679. The third-order valence-corrected chi connectivity index (χ3v) is 3.99. The van der Waals surface area contributed by atoms with Crippen molar-refractivity contribution < 1.29 is 9.53 Å². The van der Waals surface area contributed by atoms with E-state index in [-0.39, 0.29) is 6.03 Å². The third kappa shape index (κ3) is 5.24. The Hall–Kier alpha value is -1.72. The lowest BCUT2D eigenvalue weighted by Gasteiger charge is -2.10. The number of carbonyl (C=O) groups is 1. The van der Waals surface area contributed by atoms with Gasteiger partial charge in [0.05, 0.1) is 6.54 Å². The van der Waals surface area contributed by atoms with Gasteiger partial charge in [-0.15, -0.1) is 0 Å². The zero-order chi connectivity index (χ0) is 15.9. The molecule has 2 rings (SSSR count). The third-order valence-electron chi connectivity index (χ3n) is 2.87. The van der Waals surface area contributed by atoms with Crippen LogP contribution >= 0.6 is 27.5 Å². The molecule has 0 aliphatic carbocycles. The average Bonchev–Trinajstić information content (AvgIpc) is 2.48. The predicted molar refractivity (Wildman–Crippen MR) is 92.8 cm³/mol. The van der Waals surface area contributed by atoms with Crippen LogP contribution in [0.15, 0.2) is 46.9 Å². The van der Waals surface area contributed by atoms with Crippen molar-refractivity contribution in [2.45, 2.75) is 6.92 Å². The number of rotatable bonds is 5. The molecule has 0 atom stereocenters. The first kappa shape index (κ1) is 16.6. The number of halogens is 2. The number of anilines is 1. The van der Waals surface area contributed by atoms with Crippen LogP contribution in [-0.4, -0.2) is 19.2 Å². The van der Waals surface area contributed by atoms with Crippen LogP contribution in [-0.2, 0) is 0 Å². The largest absolute Gasteiger partial charge is 0.492 e. The Bertz CT molecular complexity index is 664. The molecular formula is C16H16BrClN2O2. The van der Waals surface area contributed by atoms with Crippen LogP contribution in [0.25, 0.3) is 0 Å². The Morgan fingerprint density at radius 3 is 2.82 bits per heavy atom. The van der Waals surface area contributed by atoms with Crippen molar-refractivity contribution >= 4 is 39.2 Å². The lowest BCUT2D eigenvalue weighted by atomic mass is 10.2. The van der Waals surface area contributed by atoms with Gasteiger partial charge in [-0.3, -0.25) is 0 Å². The molecule has 0 aliphatic heterocycles. The van der Waals surface area contributed by atoms with Crippen LogP contribution in [0.1, 0.15) is 5.56 Å². The first-order valence-electron chi connectivity index (χ1n) is 6.74. The normalized spacial score (nSPS) is 10.1. The minimum atomic E-state index is -0.267. The number of hydrogen-bond donors (Lipinski definition) is 2. The zero-order valence-electron chi connectivity index (χ0n) is 12.0. The number of carbonyl (C=O) groups excluding carboxylic acids is 1. The van der Waals surface area contributed by atoms with Gasteiger partial charge in [-0.05, 0) is 48.9 Å². The minimum Gasteiger partial charge on any atom is -0.492 e. The van der Waals surface area contributed by atoms with Crippen molar-refractivity contribution in [1.82, 2.24) is 5.32 Å². The van der Waals surface area contributed by atoms with Gasteiger partial charge in [-0.2, -0.15) is 0 Å². The van der Waals surface area contributed by atoms with Gasteiger partial charge in [0, 0.05) is 15.2 Å². The lowest BCUT2D eigenvalue weighted by Crippen LogP contribution is -2.32. The summed E-state index contributed by atoms with van der Waals surface area (Å²) in [4.78, 5) is 11.8. The Balaban J connectivity index is 1.72. The fraction of sp³-hybridized carbons (Fsp3) is 0.188. The maximum Gasteiger partial charge on any atom is 0.319 e. The van der Waals surface area contributed by atoms with Gasteiger partial charge < -0.3 is 15.4 Å². The van der Waals surface area contributed by atoms with E-state index < -0.39 is 0 Å². The van der Waals surface area contributed by atoms with Gasteiger partial charge in [-0.1, -0.05) is 33.6 Å². The highest BCUT2D eigenvalue weighted by atomic mass is 79.9. The maximum atomic E-state index is 11.8. The molecule has 0 unspecified atom stereocenters. The molecule has 0 heterocycles. The smallest absolute Gasteiger partial charge is 0.319 e. The molecule has 0 saturated carbocycles. The van der Waals surface area contributed by atoms with E-state index in [1.807, 2.05) is 37.3 Å². The molecule has 0 spiro atoms. The SMILES string of the molecule is Cc1cc(NC(=O)NCCOc2cccc(Cl)c2)ccc1Br. The van der Waals surface area contributed by atoms with Gasteiger partial charge in [0.2, 0.25) is 0 Å². The van der Waals surface area contributed by atoms with Gasteiger partial charge >= 0.3 is 6.03 Å². The van der Waals surface area contributed by atoms with E-state index >= 15 is 0 Å². The summed E-state index contributed by atoms with van der Waals surface area (Å²) in [6, 6.07) is 12.5. The second-order valence-corrected chi connectivity index (χ2v) is 5.94. The van der Waals surface area contributed by atoms with Crippen molar-refractivity contribution in [2.24, 2.45) is 0 Å². The average molecular weight is 384 g/mol. The summed E-state index contributed by atoms with van der Waals surface area (Å²) in [5.41, 5.74) is 1.80. The first-order valence-corrected chi connectivity index (χ1v) is 7.91. The van der Waals surface area contributed by atoms with Gasteiger partial charge in [0.15, 0.2) is 0 Å². The molecule has 2 amide bonds. The van der Waals surface area contributed by atoms with Gasteiger partial charge in [0.25, 0.3) is 0 Å². The van der Waals surface area contributed by atoms with E-state index in [0.29, 0.717) is 23.9 Å². The van der Waals surface area contributed by atoms with E-state index in [2.05, 4.69) is 26.6 Å². The van der Waals surface area contributed by atoms with Crippen molar-refractivity contribution in [2.75, 3.05) is 18.5 Å². The molecule has 0 bridgehead atoms. The monoisotopic (exact) mass is 382 g/mol. The number of benzene rings is 2. The quantitative estimate of drug-likeness (QED) is 0.741. The summed E-state index contributed by atoms with van der Waals surface area (Å²) in [5, 5.41) is 6.12. The van der Waals surface area contributed by atoms with Crippen molar-refractivity contribution in [3.8, 4) is 5.75 Å². The molecule has 4 nitrogen and oxygen atoms in total. The Labute approximate surface area is 142 Å². The zero-order valence-corrected chi connectivity index (χ0v) is 14.4. The maximum absolute atomic E-state index is 11.8. The number of ether oxygens (including phenoxy) is 1. The number of hydrogen-bond acceptors (Lipinski definition) is 2. The number of aryl methyl sites for hydroxylation is 1. The molecule has 6 heteroatoms. The van der Waals surface area contributed by atoms with E-state index in [9.17, 15) is 4.79 Å². The molecule has 0 aromatic heterocycles. The van der Waals surface area contributed by atoms with Crippen LogP contribution in [0.5, 0.6) is 5.75 Å². The molecule has 2 aromatic carbocycles. The standard InChI is InChI=1S/C16H16BrClN2O2/c1-11-9-13(5-6-15(11)17)20-16(21)19-7-8-22-14-4-2-3-12(18)10-14/h2-6,9-10H,7-8H2,1H3,(H2,19,20,21). The van der Waals surface area contributed by atoms with Crippen molar-refractivity contribution in [3.63, 3.8) is 0 Å². The van der Waals surface area contributed by atoms with Crippen molar-refractivity contribution in [3.05, 3.63) is 57.5 Å². The fourth-order valence-electron chi connectivity index (χ4n) is 1.79. The van der Waals surface area contributed by atoms with Gasteiger partial charge in [0.1, 0.15) is 12.4 Å². The molecule has 2 aromatic rings. The van der Waals surface area contributed by atoms with E-state index in [1.54, 1.807) is 12.1 Å². The fourth-order valence-corrected chi connectivity index (χ4v) is 2.21. The highest BCUT2D eigenvalue weighted by Crippen LogP contribution is 2.20. The van der Waals surface area contributed by atoms with E-state index in [0.717, 1.165) is 15.7 Å². The highest BCUT2D eigenvalue weighted by Gasteiger charge is 2.03. The van der Waals surface area contributed by atoms with Crippen molar-refractivity contribution in [1.29, 1.82) is 0 Å². The van der Waals surface area contributed by atoms with Crippen LogP contribution in [0.4, 0.5) is 10.5 Å². The summed E-state index contributed by atoms with van der Waals surface area (Å²) in [7, 11) is 0. The summed E-state index contributed by atoms with van der Waals surface area (Å²) < 4.78 is 6.50.